The zero-order valence-electron chi connectivity index (χ0n) is 6.21. The summed E-state index contributed by atoms with van der Waals surface area (Å²) in [7, 11) is 0. The number of carbonyl (C=O) groups is 1. The molecule has 5 nitrogen and oxygen atoms in total. The van der Waals surface area contributed by atoms with E-state index >= 15 is 0 Å². The maximum Gasteiger partial charge on any atom is 0.314 e. The number of urea groups is 1. The van der Waals surface area contributed by atoms with Crippen molar-refractivity contribution in [3.05, 3.63) is 0 Å². The second-order valence-corrected chi connectivity index (χ2v) is 2.42. The van der Waals surface area contributed by atoms with Crippen LogP contribution in [0.5, 0.6) is 0 Å². The van der Waals surface area contributed by atoms with Crippen LogP contribution in [0.3, 0.4) is 0 Å². The number of hydrogen-bond acceptors (Lipinski definition) is 2. The van der Waals surface area contributed by atoms with E-state index in [0.29, 0.717) is 26.2 Å². The van der Waals surface area contributed by atoms with Crippen LogP contribution in [0.2, 0.25) is 0 Å². The summed E-state index contributed by atoms with van der Waals surface area (Å²) in [5.41, 5.74) is 5.06. The average molecular weight is 155 g/mol. The van der Waals surface area contributed by atoms with Crippen molar-refractivity contribution < 1.29 is 4.79 Å². The van der Waals surface area contributed by atoms with Crippen molar-refractivity contribution >= 4 is 12.4 Å². The van der Waals surface area contributed by atoms with Crippen molar-refractivity contribution in [2.24, 2.45) is 5.73 Å². The van der Waals surface area contributed by atoms with Gasteiger partial charge in [-0.05, 0) is 0 Å². The van der Waals surface area contributed by atoms with E-state index in [0.717, 1.165) is 0 Å². The van der Waals surface area contributed by atoms with Gasteiger partial charge >= 0.3 is 6.03 Å². The maximum atomic E-state index is 10.6. The zero-order chi connectivity index (χ0) is 8.27. The van der Waals surface area contributed by atoms with Gasteiger partial charge in [-0.25, -0.2) is 4.79 Å². The van der Waals surface area contributed by atoms with Gasteiger partial charge in [0.1, 0.15) is 0 Å². The Morgan fingerprint density at radius 3 is 2.27 bits per heavy atom. The lowest BCUT2D eigenvalue weighted by Crippen LogP contribution is -2.49. The van der Waals surface area contributed by atoms with Gasteiger partial charge in [-0.3, -0.25) is 5.41 Å². The molecule has 0 aromatic carbocycles. The van der Waals surface area contributed by atoms with E-state index in [2.05, 4.69) is 6.34 Å². The number of nitrogens with zero attached hydrogens (tertiary/aromatic N) is 2. The Kier molecular flexibility index (Phi) is 2.30. The van der Waals surface area contributed by atoms with E-state index in [4.69, 9.17) is 11.1 Å². The van der Waals surface area contributed by atoms with Crippen LogP contribution in [0.4, 0.5) is 4.79 Å². The van der Waals surface area contributed by atoms with E-state index in [1.807, 2.05) is 0 Å². The summed E-state index contributed by atoms with van der Waals surface area (Å²) in [6, 6.07) is -0.380. The Bertz CT molecular complexity index is 162. The van der Waals surface area contributed by atoms with Crippen LogP contribution in [-0.2, 0) is 0 Å². The van der Waals surface area contributed by atoms with Gasteiger partial charge in [-0.1, -0.05) is 0 Å². The van der Waals surface area contributed by atoms with Crippen LogP contribution in [0.25, 0.3) is 0 Å². The average Bonchev–Trinajstić information content (AvgIpc) is 2.05. The van der Waals surface area contributed by atoms with E-state index in [1.165, 1.54) is 0 Å². The summed E-state index contributed by atoms with van der Waals surface area (Å²) < 4.78 is 0. The number of hydrogen-bond donors (Lipinski definition) is 2. The molecule has 1 heterocycles. The molecule has 1 aliphatic heterocycles. The molecular formula is C6H11N4O. The zero-order valence-corrected chi connectivity index (χ0v) is 6.21. The first-order chi connectivity index (χ1) is 5.24. The quantitative estimate of drug-likeness (QED) is 0.383. The molecule has 0 aliphatic carbocycles. The third-order valence-corrected chi connectivity index (χ3v) is 1.75. The predicted molar refractivity (Wildman–Crippen MR) is 40.5 cm³/mol. The Morgan fingerprint density at radius 2 is 1.91 bits per heavy atom. The minimum absolute atomic E-state index is 0.380. The lowest BCUT2D eigenvalue weighted by Gasteiger charge is -2.31. The Labute approximate surface area is 65.3 Å². The number of amides is 2. The fourth-order valence-corrected chi connectivity index (χ4v) is 1.04. The van der Waals surface area contributed by atoms with Crippen molar-refractivity contribution in [3.63, 3.8) is 0 Å². The Balaban J connectivity index is 2.35. The van der Waals surface area contributed by atoms with Gasteiger partial charge in [0, 0.05) is 26.2 Å². The molecule has 1 saturated heterocycles. The van der Waals surface area contributed by atoms with E-state index < -0.39 is 0 Å². The largest absolute Gasteiger partial charge is 0.351 e. The summed E-state index contributed by atoms with van der Waals surface area (Å²) >= 11 is 0. The highest BCUT2D eigenvalue weighted by Gasteiger charge is 2.16. The second kappa shape index (κ2) is 3.23. The van der Waals surface area contributed by atoms with Crippen LogP contribution >= 0.6 is 0 Å². The maximum absolute atomic E-state index is 10.6. The Hall–Kier alpha value is -1.26. The molecule has 0 saturated carbocycles. The highest BCUT2D eigenvalue weighted by atomic mass is 16.2. The van der Waals surface area contributed by atoms with E-state index in [9.17, 15) is 4.79 Å². The number of nitrogens with one attached hydrogen (secondary N) is 1. The van der Waals surface area contributed by atoms with Gasteiger partial charge in [-0.15, -0.1) is 0 Å². The molecule has 0 unspecified atom stereocenters. The minimum atomic E-state index is -0.380. The third kappa shape index (κ3) is 1.83. The topological polar surface area (TPSA) is 73.4 Å². The molecule has 0 bridgehead atoms. The standard InChI is InChI=1S/C6H11N4O/c7-5-9-1-3-10(4-2-9)6(8)11/h7H,1-4H2,(H2,8,11). The highest BCUT2D eigenvalue weighted by Crippen LogP contribution is 1.97. The molecule has 11 heavy (non-hydrogen) atoms. The van der Waals surface area contributed by atoms with Gasteiger partial charge < -0.3 is 15.5 Å². The first-order valence-electron chi connectivity index (χ1n) is 3.45. The van der Waals surface area contributed by atoms with Crippen LogP contribution in [0.1, 0.15) is 0 Å². The fourth-order valence-electron chi connectivity index (χ4n) is 1.04. The van der Waals surface area contributed by atoms with Crippen molar-refractivity contribution in [1.82, 2.24) is 9.80 Å². The monoisotopic (exact) mass is 155 g/mol. The van der Waals surface area contributed by atoms with E-state index in [-0.39, 0.29) is 6.03 Å². The van der Waals surface area contributed by atoms with E-state index in [1.54, 1.807) is 9.80 Å². The smallest absolute Gasteiger partial charge is 0.314 e. The second-order valence-electron chi connectivity index (χ2n) is 2.42. The predicted octanol–water partition coefficient (Wildman–Crippen LogP) is -0.833. The minimum Gasteiger partial charge on any atom is -0.351 e. The number of carbonyl (C=O) groups excluding carboxylic acids is 1. The van der Waals surface area contributed by atoms with Gasteiger partial charge in [0.2, 0.25) is 0 Å². The van der Waals surface area contributed by atoms with Gasteiger partial charge in [0.15, 0.2) is 6.34 Å². The number of primary amides is 1. The van der Waals surface area contributed by atoms with Crippen LogP contribution in [-0.4, -0.2) is 48.3 Å². The number of rotatable bonds is 1. The summed E-state index contributed by atoms with van der Waals surface area (Å²) in [6.07, 6.45) is 2.27. The lowest BCUT2D eigenvalue weighted by molar-refractivity contribution is 0.179. The molecule has 2 amide bonds. The lowest BCUT2D eigenvalue weighted by atomic mass is 10.3. The third-order valence-electron chi connectivity index (χ3n) is 1.75. The van der Waals surface area contributed by atoms with Crippen molar-refractivity contribution in [2.45, 2.75) is 0 Å². The normalized spacial score (nSPS) is 18.2. The highest BCUT2D eigenvalue weighted by molar-refractivity contribution is 5.72. The molecule has 1 aliphatic rings. The molecule has 1 radical (unpaired) electrons. The van der Waals surface area contributed by atoms with Gasteiger partial charge in [-0.2, -0.15) is 0 Å². The van der Waals surface area contributed by atoms with Gasteiger partial charge in [0.25, 0.3) is 0 Å². The number of nitrogens with two attached hydrogens (primary N) is 1. The molecule has 0 aromatic rings. The fraction of sp³-hybridized carbons (Fsp3) is 0.667. The molecule has 1 rings (SSSR count). The van der Waals surface area contributed by atoms with Crippen LogP contribution in [0, 0.1) is 5.41 Å². The molecule has 1 fully saturated rings. The summed E-state index contributed by atoms with van der Waals surface area (Å²) in [5.74, 6) is 0. The summed E-state index contributed by atoms with van der Waals surface area (Å²) in [4.78, 5) is 13.9. The molecule has 0 aromatic heterocycles. The molecule has 5 heteroatoms. The molecule has 0 spiro atoms. The first-order valence-corrected chi connectivity index (χ1v) is 3.45. The molecule has 0 atom stereocenters. The van der Waals surface area contributed by atoms with Crippen LogP contribution in [0.15, 0.2) is 0 Å². The first kappa shape index (κ1) is 7.84. The summed E-state index contributed by atoms with van der Waals surface area (Å²) in [6.45, 7) is 2.52. The van der Waals surface area contributed by atoms with Crippen molar-refractivity contribution in [2.75, 3.05) is 26.2 Å². The van der Waals surface area contributed by atoms with Gasteiger partial charge in [0.05, 0.1) is 0 Å². The molecule has 3 N–H and O–H groups in total. The van der Waals surface area contributed by atoms with Crippen molar-refractivity contribution in [1.29, 1.82) is 5.41 Å². The van der Waals surface area contributed by atoms with Crippen molar-refractivity contribution in [3.8, 4) is 0 Å². The SMILES string of the molecule is N=[C]N1CCN(C(N)=O)CC1. The number of piperazine rings is 1. The van der Waals surface area contributed by atoms with Crippen LogP contribution < -0.4 is 5.73 Å². The summed E-state index contributed by atoms with van der Waals surface area (Å²) in [5, 5.41) is 6.81. The molecular weight excluding hydrogens is 144 g/mol. The molecule has 61 valence electrons. The Morgan fingerprint density at radius 1 is 1.36 bits per heavy atom.